The molecule has 0 fully saturated rings. The number of nitrogens with one attached hydrogen (secondary N) is 2. The molecule has 0 aromatic heterocycles. The second-order valence-electron chi connectivity index (χ2n) is 6.73. The van der Waals surface area contributed by atoms with Gasteiger partial charge in [-0.3, -0.25) is 9.89 Å². The molecule has 1 aromatic rings. The number of rotatable bonds is 10. The van der Waals surface area contributed by atoms with E-state index in [1.165, 1.54) is 11.1 Å². The number of hydrogen-bond donors (Lipinski definition) is 2. The van der Waals surface area contributed by atoms with Gasteiger partial charge in [0.1, 0.15) is 0 Å². The van der Waals surface area contributed by atoms with Gasteiger partial charge in [-0.2, -0.15) is 0 Å². The van der Waals surface area contributed by atoms with Gasteiger partial charge in [0.05, 0.1) is 25.8 Å². The summed E-state index contributed by atoms with van der Waals surface area (Å²) in [5, 5.41) is 6.87. The molecule has 2 rings (SSSR count). The summed E-state index contributed by atoms with van der Waals surface area (Å²) in [7, 11) is 0. The first kappa shape index (κ1) is 21.5. The third-order valence-corrected chi connectivity index (χ3v) is 5.00. The summed E-state index contributed by atoms with van der Waals surface area (Å²) in [5.41, 5.74) is 2.81. The van der Waals surface area contributed by atoms with E-state index in [-0.39, 0.29) is 0 Å². The van der Waals surface area contributed by atoms with Crippen LogP contribution in [0.1, 0.15) is 45.2 Å². The summed E-state index contributed by atoms with van der Waals surface area (Å²) in [5.74, 6) is 0.901. The number of aliphatic imine (C=N–C) groups is 1. The van der Waals surface area contributed by atoms with Crippen LogP contribution in [0.4, 0.5) is 0 Å². The maximum Gasteiger partial charge on any atom is 0.191 e. The Hall–Kier alpha value is -1.85. The number of benzene rings is 1. The fourth-order valence-corrected chi connectivity index (χ4v) is 3.42. The summed E-state index contributed by atoms with van der Waals surface area (Å²) in [6.07, 6.45) is 4.31. The zero-order chi connectivity index (χ0) is 19.3. The van der Waals surface area contributed by atoms with Crippen LogP contribution < -0.4 is 10.6 Å². The third kappa shape index (κ3) is 7.35. The summed E-state index contributed by atoms with van der Waals surface area (Å²) in [6.45, 7) is 12.7. The van der Waals surface area contributed by atoms with E-state index < -0.39 is 0 Å². The van der Waals surface area contributed by atoms with Crippen molar-refractivity contribution in [2.24, 2.45) is 4.99 Å². The van der Waals surface area contributed by atoms with Gasteiger partial charge in [-0.05, 0) is 38.4 Å². The average Bonchev–Trinajstić information content (AvgIpc) is 2.72. The lowest BCUT2D eigenvalue weighted by Crippen LogP contribution is -2.39. The van der Waals surface area contributed by atoms with Crippen LogP contribution in [0.3, 0.4) is 0 Å². The quantitative estimate of drug-likeness (QED) is 0.376. The predicted octanol–water partition coefficient (Wildman–Crippen LogP) is 3.36. The lowest BCUT2D eigenvalue weighted by Gasteiger charge is -2.29. The van der Waals surface area contributed by atoms with E-state index in [4.69, 9.17) is 9.73 Å². The Balaban J connectivity index is 1.99. The number of nitrogens with zero attached hydrogens (tertiary/aromatic N) is 2. The molecule has 0 saturated carbocycles. The lowest BCUT2D eigenvalue weighted by molar-refractivity contribution is 0.153. The van der Waals surface area contributed by atoms with E-state index in [9.17, 15) is 0 Å². The van der Waals surface area contributed by atoms with Crippen LogP contribution in [0, 0.1) is 0 Å². The van der Waals surface area contributed by atoms with Crippen molar-refractivity contribution >= 4 is 5.96 Å². The lowest BCUT2D eigenvalue weighted by atomic mass is 10.1. The molecule has 1 aliphatic heterocycles. The van der Waals surface area contributed by atoms with Gasteiger partial charge in [0, 0.05) is 13.1 Å². The van der Waals surface area contributed by atoms with Crippen molar-refractivity contribution in [3.8, 4) is 0 Å². The Morgan fingerprint density at radius 2 is 1.93 bits per heavy atom. The smallest absolute Gasteiger partial charge is 0.191 e. The SMILES string of the molecule is CCNC(=NCC(c1ccccc1)N(CC)CC)NCCC1=CCOCC1. The number of guanidine groups is 1. The molecule has 0 saturated heterocycles. The van der Waals surface area contributed by atoms with Crippen LogP contribution in [0.2, 0.25) is 0 Å². The largest absolute Gasteiger partial charge is 0.377 e. The molecular weight excluding hydrogens is 336 g/mol. The zero-order valence-electron chi connectivity index (χ0n) is 17.2. The molecule has 2 N–H and O–H groups in total. The molecule has 1 atom stereocenters. The maximum atomic E-state index is 5.38. The first-order chi connectivity index (χ1) is 13.3. The number of hydrogen-bond acceptors (Lipinski definition) is 3. The highest BCUT2D eigenvalue weighted by molar-refractivity contribution is 5.79. The van der Waals surface area contributed by atoms with Crippen LogP contribution >= 0.6 is 0 Å². The molecule has 1 unspecified atom stereocenters. The molecule has 0 amide bonds. The molecule has 5 heteroatoms. The highest BCUT2D eigenvalue weighted by atomic mass is 16.5. The summed E-state index contributed by atoms with van der Waals surface area (Å²) < 4.78 is 5.38. The highest BCUT2D eigenvalue weighted by Crippen LogP contribution is 2.20. The fraction of sp³-hybridized carbons (Fsp3) is 0.591. The molecule has 1 aromatic carbocycles. The molecule has 1 heterocycles. The fourth-order valence-electron chi connectivity index (χ4n) is 3.42. The Labute approximate surface area is 164 Å². The molecule has 0 radical (unpaired) electrons. The molecule has 27 heavy (non-hydrogen) atoms. The van der Waals surface area contributed by atoms with Crippen LogP contribution in [0.15, 0.2) is 47.0 Å². The summed E-state index contributed by atoms with van der Waals surface area (Å²) in [4.78, 5) is 7.37. The standard InChI is InChI=1S/C22H36N4O/c1-4-23-22(24-15-12-19-13-16-27-17-14-19)25-18-21(26(5-2)6-3)20-10-8-7-9-11-20/h7-11,13,21H,4-6,12,14-18H2,1-3H3,(H2,23,24,25). The van der Waals surface area contributed by atoms with Gasteiger partial charge in [-0.15, -0.1) is 0 Å². The number of likely N-dealkylation sites (N-methyl/N-ethyl adjacent to an activating group) is 1. The molecule has 5 nitrogen and oxygen atoms in total. The van der Waals surface area contributed by atoms with Crippen LogP contribution in [-0.4, -0.2) is 56.8 Å². The van der Waals surface area contributed by atoms with E-state index in [0.717, 1.165) is 64.7 Å². The monoisotopic (exact) mass is 372 g/mol. The molecule has 0 bridgehead atoms. The number of ether oxygens (including phenoxy) is 1. The molecule has 150 valence electrons. The minimum absolute atomic E-state index is 0.301. The van der Waals surface area contributed by atoms with E-state index in [0.29, 0.717) is 6.04 Å². The Bertz CT molecular complexity index is 581. The van der Waals surface area contributed by atoms with Crippen LogP contribution in [0.25, 0.3) is 0 Å². The van der Waals surface area contributed by atoms with Crippen LogP contribution in [-0.2, 0) is 4.74 Å². The van der Waals surface area contributed by atoms with E-state index in [2.05, 4.69) is 72.7 Å². The maximum absolute atomic E-state index is 5.38. The minimum Gasteiger partial charge on any atom is -0.377 e. The first-order valence-corrected chi connectivity index (χ1v) is 10.3. The van der Waals surface area contributed by atoms with E-state index in [1.54, 1.807) is 0 Å². The van der Waals surface area contributed by atoms with Crippen molar-refractivity contribution in [2.45, 2.75) is 39.7 Å². The van der Waals surface area contributed by atoms with Gasteiger partial charge in [0.25, 0.3) is 0 Å². The van der Waals surface area contributed by atoms with Gasteiger partial charge >= 0.3 is 0 Å². The van der Waals surface area contributed by atoms with Gasteiger partial charge in [-0.1, -0.05) is 55.8 Å². The minimum atomic E-state index is 0.301. The Morgan fingerprint density at radius 3 is 2.56 bits per heavy atom. The van der Waals surface area contributed by atoms with Gasteiger partial charge < -0.3 is 15.4 Å². The Morgan fingerprint density at radius 1 is 1.15 bits per heavy atom. The van der Waals surface area contributed by atoms with Gasteiger partial charge in [0.15, 0.2) is 5.96 Å². The molecule has 0 spiro atoms. The zero-order valence-corrected chi connectivity index (χ0v) is 17.2. The van der Waals surface area contributed by atoms with Crippen molar-refractivity contribution in [1.82, 2.24) is 15.5 Å². The van der Waals surface area contributed by atoms with Crippen molar-refractivity contribution in [3.63, 3.8) is 0 Å². The average molecular weight is 373 g/mol. The van der Waals surface area contributed by atoms with E-state index in [1.807, 2.05) is 0 Å². The summed E-state index contributed by atoms with van der Waals surface area (Å²) in [6, 6.07) is 11.0. The Kier molecular flexibility index (Phi) is 9.95. The van der Waals surface area contributed by atoms with E-state index >= 15 is 0 Å². The predicted molar refractivity (Wildman–Crippen MR) is 114 cm³/mol. The van der Waals surface area contributed by atoms with Crippen molar-refractivity contribution in [1.29, 1.82) is 0 Å². The first-order valence-electron chi connectivity index (χ1n) is 10.3. The van der Waals surface area contributed by atoms with Gasteiger partial charge in [0.2, 0.25) is 0 Å². The van der Waals surface area contributed by atoms with Crippen molar-refractivity contribution in [3.05, 3.63) is 47.5 Å². The molecular formula is C22H36N4O. The van der Waals surface area contributed by atoms with Crippen LogP contribution in [0.5, 0.6) is 0 Å². The third-order valence-electron chi connectivity index (χ3n) is 5.00. The second kappa shape index (κ2) is 12.5. The molecule has 0 aliphatic carbocycles. The normalized spacial score (nSPS) is 16.1. The van der Waals surface area contributed by atoms with Crippen molar-refractivity contribution in [2.75, 3.05) is 45.9 Å². The second-order valence-corrected chi connectivity index (χ2v) is 6.73. The molecule has 1 aliphatic rings. The van der Waals surface area contributed by atoms with Gasteiger partial charge in [-0.25, -0.2) is 0 Å². The highest BCUT2D eigenvalue weighted by Gasteiger charge is 2.17. The van der Waals surface area contributed by atoms with Crippen molar-refractivity contribution < 1.29 is 4.74 Å². The topological polar surface area (TPSA) is 48.9 Å². The summed E-state index contributed by atoms with van der Waals surface area (Å²) >= 11 is 0.